The molecule has 2 N–H and O–H groups in total. The van der Waals surface area contributed by atoms with Gasteiger partial charge in [0, 0.05) is 20.0 Å². The monoisotopic (exact) mass is 280 g/mol. The molecule has 106 valence electrons. The number of hydrogen-bond donors (Lipinski definition) is 1. The van der Waals surface area contributed by atoms with Crippen LogP contribution in [0.4, 0.5) is 0 Å². The smallest absolute Gasteiger partial charge is 0.320 e. The third-order valence-corrected chi connectivity index (χ3v) is 3.82. The first-order valence-corrected chi connectivity index (χ1v) is 7.36. The normalized spacial score (nSPS) is 11.1. The van der Waals surface area contributed by atoms with Gasteiger partial charge in [0.15, 0.2) is 9.84 Å². The van der Waals surface area contributed by atoms with Crippen molar-refractivity contribution >= 4 is 21.7 Å². The highest BCUT2D eigenvalue weighted by Crippen LogP contribution is 1.99. The van der Waals surface area contributed by atoms with Crippen molar-refractivity contribution in [3.8, 4) is 0 Å². The Kier molecular flexibility index (Phi) is 7.53. The number of methoxy groups -OCH3 is 1. The van der Waals surface area contributed by atoms with Crippen LogP contribution in [0.15, 0.2) is 0 Å². The summed E-state index contributed by atoms with van der Waals surface area (Å²) in [5.41, 5.74) is 5.31. The number of amides is 1. The maximum Gasteiger partial charge on any atom is 0.320 e. The molecular formula is C10H20N2O5S. The molecule has 18 heavy (non-hydrogen) atoms. The van der Waals surface area contributed by atoms with E-state index in [2.05, 4.69) is 4.74 Å². The number of rotatable bonds is 8. The topological polar surface area (TPSA) is 107 Å². The van der Waals surface area contributed by atoms with Crippen LogP contribution in [0.2, 0.25) is 0 Å². The van der Waals surface area contributed by atoms with E-state index in [0.717, 1.165) is 7.11 Å². The number of nitrogens with zero attached hydrogens (tertiary/aromatic N) is 1. The molecule has 0 aromatic carbocycles. The minimum atomic E-state index is -3.59. The van der Waals surface area contributed by atoms with Crippen molar-refractivity contribution in [2.75, 3.05) is 38.8 Å². The van der Waals surface area contributed by atoms with Gasteiger partial charge in [0.2, 0.25) is 5.91 Å². The summed E-state index contributed by atoms with van der Waals surface area (Å²) in [4.78, 5) is 23.8. The fraction of sp³-hybridized carbons (Fsp3) is 0.800. The van der Waals surface area contributed by atoms with Gasteiger partial charge in [0.25, 0.3) is 0 Å². The first kappa shape index (κ1) is 16.9. The molecule has 0 saturated heterocycles. The lowest BCUT2D eigenvalue weighted by atomic mass is 10.3. The summed E-state index contributed by atoms with van der Waals surface area (Å²) in [6.07, 6.45) is 0.525. The fourth-order valence-electron chi connectivity index (χ4n) is 1.20. The van der Waals surface area contributed by atoms with Gasteiger partial charge in [-0.2, -0.15) is 0 Å². The van der Waals surface area contributed by atoms with E-state index in [9.17, 15) is 18.0 Å². The van der Waals surface area contributed by atoms with Crippen LogP contribution in [0.25, 0.3) is 0 Å². The highest BCUT2D eigenvalue weighted by Gasteiger charge is 2.19. The molecule has 0 rings (SSSR count). The quantitative estimate of drug-likeness (QED) is 0.558. The fourth-order valence-corrected chi connectivity index (χ4v) is 2.30. The van der Waals surface area contributed by atoms with Crippen molar-refractivity contribution < 1.29 is 22.7 Å². The number of sulfone groups is 1. The Hall–Kier alpha value is -1.15. The Morgan fingerprint density at radius 3 is 2.44 bits per heavy atom. The predicted molar refractivity (Wildman–Crippen MR) is 66.6 cm³/mol. The minimum Gasteiger partial charge on any atom is -0.468 e. The molecule has 0 fully saturated rings. The number of hydrogen-bond acceptors (Lipinski definition) is 6. The summed E-state index contributed by atoms with van der Waals surface area (Å²) in [5, 5.41) is 0. The van der Waals surface area contributed by atoms with Crippen LogP contribution < -0.4 is 5.73 Å². The molecule has 7 nitrogen and oxygen atoms in total. The second-order valence-corrected chi connectivity index (χ2v) is 6.06. The molecule has 0 spiro atoms. The minimum absolute atomic E-state index is 0.138. The highest BCUT2D eigenvalue weighted by molar-refractivity contribution is 7.92. The largest absolute Gasteiger partial charge is 0.468 e. The van der Waals surface area contributed by atoms with E-state index in [4.69, 9.17) is 5.73 Å². The van der Waals surface area contributed by atoms with Crippen molar-refractivity contribution in [2.45, 2.75) is 12.8 Å². The molecule has 0 unspecified atom stereocenters. The van der Waals surface area contributed by atoms with Crippen molar-refractivity contribution in [3.05, 3.63) is 0 Å². The SMILES string of the molecule is COC(=O)CS(=O)(=O)CCC(=O)N(C)CCCN. The van der Waals surface area contributed by atoms with Crippen molar-refractivity contribution in [1.82, 2.24) is 4.90 Å². The first-order valence-electron chi connectivity index (χ1n) is 5.53. The number of ether oxygens (including phenoxy) is 1. The summed E-state index contributed by atoms with van der Waals surface area (Å²) in [5.74, 6) is -2.15. The van der Waals surface area contributed by atoms with Crippen molar-refractivity contribution in [1.29, 1.82) is 0 Å². The van der Waals surface area contributed by atoms with Gasteiger partial charge in [-0.05, 0) is 13.0 Å². The van der Waals surface area contributed by atoms with Crippen molar-refractivity contribution in [3.63, 3.8) is 0 Å². The van der Waals surface area contributed by atoms with Crippen LogP contribution in [0, 0.1) is 0 Å². The van der Waals surface area contributed by atoms with Crippen LogP contribution in [0.1, 0.15) is 12.8 Å². The van der Waals surface area contributed by atoms with Crippen LogP contribution >= 0.6 is 0 Å². The molecule has 0 aliphatic rings. The molecule has 0 aromatic rings. The van der Waals surface area contributed by atoms with Crippen LogP contribution in [-0.2, 0) is 24.2 Å². The molecule has 1 amide bonds. The molecule has 0 aromatic heterocycles. The maximum atomic E-state index is 11.6. The third-order valence-electron chi connectivity index (χ3n) is 2.32. The summed E-state index contributed by atoms with van der Waals surface area (Å²) in [6, 6.07) is 0. The molecule has 0 saturated carbocycles. The van der Waals surface area contributed by atoms with Crippen molar-refractivity contribution in [2.24, 2.45) is 5.73 Å². The van der Waals surface area contributed by atoms with Gasteiger partial charge in [0.05, 0.1) is 12.9 Å². The van der Waals surface area contributed by atoms with Crippen LogP contribution in [0.3, 0.4) is 0 Å². The van der Waals surface area contributed by atoms with E-state index >= 15 is 0 Å². The number of carbonyl (C=O) groups is 2. The molecule has 0 heterocycles. The molecule has 8 heteroatoms. The average molecular weight is 280 g/mol. The standard InChI is InChI=1S/C10H20N2O5S/c1-12(6-3-5-11)9(13)4-7-18(15,16)8-10(14)17-2/h3-8,11H2,1-2H3. The Morgan fingerprint density at radius 1 is 1.33 bits per heavy atom. The van der Waals surface area contributed by atoms with Gasteiger partial charge in [-0.1, -0.05) is 0 Å². The zero-order valence-corrected chi connectivity index (χ0v) is 11.5. The highest BCUT2D eigenvalue weighted by atomic mass is 32.2. The third kappa shape index (κ3) is 7.23. The second kappa shape index (κ2) is 8.04. The average Bonchev–Trinajstić information content (AvgIpc) is 2.32. The summed E-state index contributed by atoms with van der Waals surface area (Å²) >= 11 is 0. The Bertz CT molecular complexity index is 380. The molecule has 0 radical (unpaired) electrons. The van der Waals surface area contributed by atoms with E-state index in [-0.39, 0.29) is 18.1 Å². The van der Waals surface area contributed by atoms with E-state index in [1.165, 1.54) is 4.90 Å². The van der Waals surface area contributed by atoms with Gasteiger partial charge in [0.1, 0.15) is 5.75 Å². The number of esters is 1. The Morgan fingerprint density at radius 2 is 1.94 bits per heavy atom. The maximum absolute atomic E-state index is 11.6. The molecule has 0 atom stereocenters. The molecule has 0 bridgehead atoms. The molecule has 0 aliphatic heterocycles. The number of nitrogens with two attached hydrogens (primary N) is 1. The lowest BCUT2D eigenvalue weighted by molar-refractivity contribution is -0.137. The molecule has 0 aliphatic carbocycles. The Balaban J connectivity index is 4.15. The predicted octanol–water partition coefficient (Wildman–Crippen LogP) is -1.23. The van der Waals surface area contributed by atoms with E-state index in [0.29, 0.717) is 19.5 Å². The van der Waals surface area contributed by atoms with Gasteiger partial charge < -0.3 is 15.4 Å². The zero-order chi connectivity index (χ0) is 14.2. The summed E-state index contributed by atoms with van der Waals surface area (Å²) in [6.45, 7) is 0.963. The second-order valence-electron chi connectivity index (χ2n) is 3.88. The summed E-state index contributed by atoms with van der Waals surface area (Å²) < 4.78 is 27.2. The van der Waals surface area contributed by atoms with Crippen LogP contribution in [-0.4, -0.2) is 63.9 Å². The van der Waals surface area contributed by atoms with Gasteiger partial charge in [-0.3, -0.25) is 9.59 Å². The molecular weight excluding hydrogens is 260 g/mol. The first-order chi connectivity index (χ1) is 8.32. The van der Waals surface area contributed by atoms with Gasteiger partial charge in [-0.25, -0.2) is 8.42 Å². The lowest BCUT2D eigenvalue weighted by Gasteiger charge is -2.16. The lowest BCUT2D eigenvalue weighted by Crippen LogP contribution is -2.31. The summed E-state index contributed by atoms with van der Waals surface area (Å²) in [7, 11) is -0.886. The van der Waals surface area contributed by atoms with Gasteiger partial charge in [-0.15, -0.1) is 0 Å². The van der Waals surface area contributed by atoms with E-state index in [1.54, 1.807) is 7.05 Å². The van der Waals surface area contributed by atoms with E-state index in [1.807, 2.05) is 0 Å². The van der Waals surface area contributed by atoms with Gasteiger partial charge >= 0.3 is 5.97 Å². The number of carbonyl (C=O) groups excluding carboxylic acids is 2. The van der Waals surface area contributed by atoms with E-state index < -0.39 is 21.6 Å². The van der Waals surface area contributed by atoms with Crippen LogP contribution in [0.5, 0.6) is 0 Å². The zero-order valence-electron chi connectivity index (χ0n) is 10.7. The Labute approximate surface area is 107 Å².